The number of ether oxygens (including phenoxy) is 1. The number of benzene rings is 2. The Hall–Kier alpha value is -3.39. The summed E-state index contributed by atoms with van der Waals surface area (Å²) in [5.74, 6) is 1.24. The van der Waals surface area contributed by atoms with E-state index in [4.69, 9.17) is 16.3 Å². The Labute approximate surface area is 184 Å². The molecule has 2 heterocycles. The van der Waals surface area contributed by atoms with Gasteiger partial charge < -0.3 is 15.0 Å². The lowest BCUT2D eigenvalue weighted by molar-refractivity contribution is 0.243. The molecule has 2 N–H and O–H groups in total. The van der Waals surface area contributed by atoms with Crippen molar-refractivity contribution in [2.24, 2.45) is 0 Å². The maximum Gasteiger partial charge on any atom is 0.253 e. The van der Waals surface area contributed by atoms with Crippen molar-refractivity contribution < 1.29 is 4.74 Å². The van der Waals surface area contributed by atoms with Crippen LogP contribution in [0.25, 0.3) is 16.6 Å². The normalized spacial score (nSPS) is 12.3. The summed E-state index contributed by atoms with van der Waals surface area (Å²) in [6.07, 6.45) is -0.0157. The fourth-order valence-electron chi connectivity index (χ4n) is 3.42. The molecule has 4 rings (SSSR count). The third-order valence-electron chi connectivity index (χ3n) is 4.85. The molecule has 0 aliphatic heterocycles. The number of hydrogen-bond acceptors (Lipinski definition) is 6. The minimum Gasteiger partial charge on any atom is -0.489 e. The molecule has 0 spiro atoms. The van der Waals surface area contributed by atoms with Gasteiger partial charge in [-0.1, -0.05) is 17.7 Å². The molecule has 0 aliphatic rings. The molecule has 0 bridgehead atoms. The molecular weight excluding hydrogens is 416 g/mol. The van der Waals surface area contributed by atoms with E-state index in [1.807, 2.05) is 64.1 Å². The second-order valence-corrected chi connectivity index (χ2v) is 8.05. The van der Waals surface area contributed by atoms with Gasteiger partial charge in [-0.15, -0.1) is 5.10 Å². The summed E-state index contributed by atoms with van der Waals surface area (Å²) in [4.78, 5) is 15.7. The third-order valence-corrected chi connectivity index (χ3v) is 5.15. The van der Waals surface area contributed by atoms with Crippen LogP contribution in [0.1, 0.15) is 38.2 Å². The number of H-pyrrole nitrogens is 1. The molecule has 0 fully saturated rings. The highest BCUT2D eigenvalue weighted by Gasteiger charge is 2.14. The van der Waals surface area contributed by atoms with Gasteiger partial charge in [0.05, 0.1) is 28.4 Å². The largest absolute Gasteiger partial charge is 0.489 e. The van der Waals surface area contributed by atoms with Crippen molar-refractivity contribution in [2.45, 2.75) is 39.8 Å². The minimum atomic E-state index is -0.247. The quantitative estimate of drug-likeness (QED) is 0.462. The Balaban J connectivity index is 1.63. The van der Waals surface area contributed by atoms with Crippen LogP contribution in [0.4, 0.5) is 5.69 Å². The molecule has 0 amide bonds. The van der Waals surface area contributed by atoms with Gasteiger partial charge in [-0.25, -0.2) is 0 Å². The smallest absolute Gasteiger partial charge is 0.253 e. The number of pyridine rings is 1. The molecule has 8 nitrogen and oxygen atoms in total. The van der Waals surface area contributed by atoms with Crippen molar-refractivity contribution in [1.29, 1.82) is 0 Å². The lowest BCUT2D eigenvalue weighted by atomic mass is 10.1. The van der Waals surface area contributed by atoms with Crippen molar-refractivity contribution in [3.63, 3.8) is 0 Å². The standard InChI is InChI=1S/C22H23ClN6O2/c1-12(2)31-21-11-20-15(9-19(21)23)8-18(22(30)25-20)13(3)24-16-6-5-7-17(10-16)29-14(4)26-27-28-29/h5-13,24H,1-4H3,(H,25,30)/t13-/m0/s1. The van der Waals surface area contributed by atoms with E-state index in [-0.39, 0.29) is 17.7 Å². The van der Waals surface area contributed by atoms with Gasteiger partial charge in [-0.05, 0) is 68.5 Å². The molecule has 0 aliphatic carbocycles. The number of nitrogens with one attached hydrogen (secondary N) is 2. The Morgan fingerprint density at radius 1 is 1.16 bits per heavy atom. The number of aromatic amines is 1. The summed E-state index contributed by atoms with van der Waals surface area (Å²) in [5, 5.41) is 16.3. The average molecular weight is 439 g/mol. The van der Waals surface area contributed by atoms with Crippen LogP contribution in [0.3, 0.4) is 0 Å². The fraction of sp³-hybridized carbons (Fsp3) is 0.273. The fourth-order valence-corrected chi connectivity index (χ4v) is 3.63. The van der Waals surface area contributed by atoms with Crippen LogP contribution in [-0.2, 0) is 0 Å². The molecule has 160 valence electrons. The zero-order valence-electron chi connectivity index (χ0n) is 17.7. The first-order valence-corrected chi connectivity index (χ1v) is 10.3. The second-order valence-electron chi connectivity index (χ2n) is 7.64. The maximum atomic E-state index is 12.8. The number of nitrogens with zero attached hydrogens (tertiary/aromatic N) is 4. The van der Waals surface area contributed by atoms with Crippen LogP contribution in [0, 0.1) is 6.92 Å². The van der Waals surface area contributed by atoms with Crippen molar-refractivity contribution in [2.75, 3.05) is 5.32 Å². The number of fused-ring (bicyclic) bond motifs is 1. The number of aromatic nitrogens is 5. The van der Waals surface area contributed by atoms with E-state index in [1.54, 1.807) is 10.7 Å². The summed E-state index contributed by atoms with van der Waals surface area (Å²) in [5.41, 5.74) is 2.79. The molecule has 1 atom stereocenters. The minimum absolute atomic E-state index is 0.0157. The first kappa shape index (κ1) is 20.9. The molecule has 0 radical (unpaired) electrons. The van der Waals surface area contributed by atoms with Gasteiger partial charge in [0.2, 0.25) is 0 Å². The van der Waals surface area contributed by atoms with Crippen molar-refractivity contribution in [1.82, 2.24) is 25.2 Å². The molecule has 2 aromatic heterocycles. The van der Waals surface area contributed by atoms with Crippen LogP contribution in [0.2, 0.25) is 5.02 Å². The molecule has 0 saturated carbocycles. The van der Waals surface area contributed by atoms with Crippen molar-refractivity contribution >= 4 is 28.2 Å². The summed E-state index contributed by atoms with van der Waals surface area (Å²) in [6.45, 7) is 7.62. The van der Waals surface area contributed by atoms with Crippen molar-refractivity contribution in [3.8, 4) is 11.4 Å². The second kappa shape index (κ2) is 8.39. The number of hydrogen-bond donors (Lipinski definition) is 2. The molecule has 31 heavy (non-hydrogen) atoms. The van der Waals surface area contributed by atoms with E-state index >= 15 is 0 Å². The summed E-state index contributed by atoms with van der Waals surface area (Å²) in [7, 11) is 0. The van der Waals surface area contributed by atoms with Crippen LogP contribution < -0.4 is 15.6 Å². The van der Waals surface area contributed by atoms with E-state index in [2.05, 4.69) is 25.8 Å². The average Bonchev–Trinajstić information content (AvgIpc) is 3.14. The van der Waals surface area contributed by atoms with Gasteiger partial charge in [-0.3, -0.25) is 4.79 Å². The van der Waals surface area contributed by atoms with E-state index < -0.39 is 0 Å². The Bertz CT molecular complexity index is 1300. The molecule has 0 saturated heterocycles. The number of tetrazole rings is 1. The topological polar surface area (TPSA) is 97.7 Å². The summed E-state index contributed by atoms with van der Waals surface area (Å²) < 4.78 is 7.37. The van der Waals surface area contributed by atoms with Gasteiger partial charge in [0.15, 0.2) is 5.82 Å². The highest BCUT2D eigenvalue weighted by molar-refractivity contribution is 6.32. The Kier molecular flexibility index (Phi) is 5.65. The first-order valence-electron chi connectivity index (χ1n) is 9.97. The third kappa shape index (κ3) is 4.39. The van der Waals surface area contributed by atoms with Crippen LogP contribution in [0.5, 0.6) is 5.75 Å². The van der Waals surface area contributed by atoms with Gasteiger partial charge in [0.25, 0.3) is 5.56 Å². The lowest BCUT2D eigenvalue weighted by Gasteiger charge is -2.17. The highest BCUT2D eigenvalue weighted by Crippen LogP contribution is 2.31. The number of anilines is 1. The van der Waals surface area contributed by atoms with Gasteiger partial charge in [0.1, 0.15) is 5.75 Å². The van der Waals surface area contributed by atoms with Gasteiger partial charge in [-0.2, -0.15) is 4.68 Å². The monoisotopic (exact) mass is 438 g/mol. The van der Waals surface area contributed by atoms with Crippen LogP contribution >= 0.6 is 11.6 Å². The zero-order chi connectivity index (χ0) is 22.1. The Morgan fingerprint density at radius 3 is 2.68 bits per heavy atom. The Morgan fingerprint density at radius 2 is 1.97 bits per heavy atom. The number of aryl methyl sites for hydroxylation is 1. The van der Waals surface area contributed by atoms with Crippen LogP contribution in [-0.4, -0.2) is 31.3 Å². The van der Waals surface area contributed by atoms with Crippen LogP contribution in [0.15, 0.2) is 47.3 Å². The number of rotatable bonds is 6. The first-order chi connectivity index (χ1) is 14.8. The lowest BCUT2D eigenvalue weighted by Crippen LogP contribution is -2.19. The predicted molar refractivity (Wildman–Crippen MR) is 121 cm³/mol. The SMILES string of the molecule is Cc1nnnn1-c1cccc(N[C@@H](C)c2cc3cc(Cl)c(OC(C)C)cc3[nH]c2=O)c1. The molecule has 9 heteroatoms. The highest BCUT2D eigenvalue weighted by atomic mass is 35.5. The summed E-state index contributed by atoms with van der Waals surface area (Å²) in [6, 6.07) is 12.9. The predicted octanol–water partition coefficient (Wildman–Crippen LogP) is 4.43. The van der Waals surface area contributed by atoms with E-state index in [0.29, 0.717) is 27.7 Å². The van der Waals surface area contributed by atoms with Gasteiger partial charge in [0, 0.05) is 22.7 Å². The van der Waals surface area contributed by atoms with Crippen molar-refractivity contribution in [3.05, 3.63) is 69.2 Å². The molecule has 4 aromatic rings. The molecule has 0 unspecified atom stereocenters. The van der Waals surface area contributed by atoms with E-state index in [9.17, 15) is 4.79 Å². The molecule has 2 aromatic carbocycles. The maximum absolute atomic E-state index is 12.8. The number of halogens is 1. The van der Waals surface area contributed by atoms with E-state index in [0.717, 1.165) is 16.8 Å². The van der Waals surface area contributed by atoms with E-state index in [1.165, 1.54) is 0 Å². The molecular formula is C22H23ClN6O2. The summed E-state index contributed by atoms with van der Waals surface area (Å²) >= 11 is 6.38. The van der Waals surface area contributed by atoms with Gasteiger partial charge >= 0.3 is 0 Å². The zero-order valence-corrected chi connectivity index (χ0v) is 18.4.